The summed E-state index contributed by atoms with van der Waals surface area (Å²) in [6.07, 6.45) is 0.436. The van der Waals surface area contributed by atoms with E-state index in [9.17, 15) is 13.2 Å². The highest BCUT2D eigenvalue weighted by Crippen LogP contribution is 2.44. The predicted molar refractivity (Wildman–Crippen MR) is 108 cm³/mol. The van der Waals surface area contributed by atoms with Crippen LogP contribution in [0, 0.1) is 0 Å². The lowest BCUT2D eigenvalue weighted by molar-refractivity contribution is -0.137. The number of hydrogen-bond donors (Lipinski definition) is 2. The first kappa shape index (κ1) is 20.7. The second kappa shape index (κ2) is 8.28. The Labute approximate surface area is 174 Å². The van der Waals surface area contributed by atoms with E-state index in [1.54, 1.807) is 6.07 Å². The molecule has 2 aliphatic rings. The summed E-state index contributed by atoms with van der Waals surface area (Å²) in [5, 5.41) is 15.0. The van der Waals surface area contributed by atoms with Crippen LogP contribution in [0.1, 0.15) is 55.4 Å². The maximum absolute atomic E-state index is 13.2. The zero-order valence-electron chi connectivity index (χ0n) is 17.1. The standard InChI is InChI=1S/C21H27F3N6/c1-2-25-19(26-13-18-29-28-17-8-4-11-30(17)18)27-14-20(9-5-10-20)15-6-3-7-16(12-15)21(22,23)24/h3,6-7,12H,2,4-5,8-11,13-14H2,1H3,(H2,25,26,27). The van der Waals surface area contributed by atoms with Gasteiger partial charge in [-0.3, -0.25) is 0 Å². The van der Waals surface area contributed by atoms with Crippen molar-refractivity contribution in [2.24, 2.45) is 4.99 Å². The highest BCUT2D eigenvalue weighted by molar-refractivity contribution is 5.79. The Morgan fingerprint density at radius 2 is 2.03 bits per heavy atom. The van der Waals surface area contributed by atoms with Crippen LogP contribution in [0.4, 0.5) is 13.2 Å². The molecule has 1 aliphatic heterocycles. The Morgan fingerprint density at radius 3 is 2.73 bits per heavy atom. The van der Waals surface area contributed by atoms with Crippen molar-refractivity contribution in [1.82, 2.24) is 25.4 Å². The van der Waals surface area contributed by atoms with Crippen LogP contribution in [0.5, 0.6) is 0 Å². The number of benzene rings is 1. The van der Waals surface area contributed by atoms with Gasteiger partial charge in [0, 0.05) is 31.5 Å². The van der Waals surface area contributed by atoms with Gasteiger partial charge in [-0.25, -0.2) is 4.99 Å². The third-order valence-corrected chi connectivity index (χ3v) is 6.12. The second-order valence-corrected chi connectivity index (χ2v) is 8.05. The fourth-order valence-corrected chi connectivity index (χ4v) is 4.27. The molecule has 162 valence electrons. The molecule has 1 saturated carbocycles. The number of nitrogens with zero attached hydrogens (tertiary/aromatic N) is 4. The van der Waals surface area contributed by atoms with E-state index in [0.717, 1.165) is 61.9 Å². The third-order valence-electron chi connectivity index (χ3n) is 6.12. The normalized spacial score (nSPS) is 18.1. The molecule has 4 rings (SSSR count). The molecule has 0 radical (unpaired) electrons. The lowest BCUT2D eigenvalue weighted by Crippen LogP contribution is -2.49. The van der Waals surface area contributed by atoms with Crippen LogP contribution in [-0.4, -0.2) is 33.8 Å². The Hall–Kier alpha value is -2.58. The predicted octanol–water partition coefficient (Wildman–Crippen LogP) is 3.42. The lowest BCUT2D eigenvalue weighted by atomic mass is 9.64. The van der Waals surface area contributed by atoms with Crippen LogP contribution in [-0.2, 0) is 31.1 Å². The molecule has 0 bridgehead atoms. The van der Waals surface area contributed by atoms with Crippen molar-refractivity contribution < 1.29 is 13.2 Å². The summed E-state index contributed by atoms with van der Waals surface area (Å²) < 4.78 is 41.6. The van der Waals surface area contributed by atoms with Gasteiger partial charge in [0.1, 0.15) is 12.4 Å². The van der Waals surface area contributed by atoms with Crippen molar-refractivity contribution in [3.63, 3.8) is 0 Å². The zero-order valence-corrected chi connectivity index (χ0v) is 17.1. The van der Waals surface area contributed by atoms with Crippen molar-refractivity contribution in [1.29, 1.82) is 0 Å². The number of halogens is 3. The van der Waals surface area contributed by atoms with Gasteiger partial charge in [0.25, 0.3) is 0 Å². The molecule has 1 fully saturated rings. The summed E-state index contributed by atoms with van der Waals surface area (Å²) in [5.41, 5.74) is -0.150. The summed E-state index contributed by atoms with van der Waals surface area (Å²) in [6, 6.07) is 5.74. The number of aromatic nitrogens is 3. The molecule has 1 aromatic heterocycles. The van der Waals surface area contributed by atoms with E-state index in [4.69, 9.17) is 0 Å². The first-order chi connectivity index (χ1) is 14.4. The lowest BCUT2D eigenvalue weighted by Gasteiger charge is -2.43. The number of hydrogen-bond acceptors (Lipinski definition) is 3. The number of aliphatic imine (C=N–C) groups is 1. The molecule has 2 aromatic rings. The molecule has 6 nitrogen and oxygen atoms in total. The van der Waals surface area contributed by atoms with Crippen LogP contribution < -0.4 is 10.6 Å². The minimum atomic E-state index is -4.33. The Bertz CT molecular complexity index is 914. The molecule has 0 spiro atoms. The molecule has 0 amide bonds. The maximum Gasteiger partial charge on any atom is 0.416 e. The second-order valence-electron chi connectivity index (χ2n) is 8.05. The average molecular weight is 420 g/mol. The van der Waals surface area contributed by atoms with Crippen molar-refractivity contribution >= 4 is 5.96 Å². The third kappa shape index (κ3) is 4.15. The largest absolute Gasteiger partial charge is 0.416 e. The molecule has 0 saturated heterocycles. The van der Waals surface area contributed by atoms with E-state index in [0.29, 0.717) is 25.6 Å². The van der Waals surface area contributed by atoms with E-state index < -0.39 is 11.7 Å². The van der Waals surface area contributed by atoms with Crippen LogP contribution >= 0.6 is 0 Å². The first-order valence-electron chi connectivity index (χ1n) is 10.5. The van der Waals surface area contributed by atoms with Gasteiger partial charge in [0.05, 0.1) is 5.56 Å². The number of fused-ring (bicyclic) bond motifs is 1. The van der Waals surface area contributed by atoms with Gasteiger partial charge in [-0.05, 0) is 37.8 Å². The van der Waals surface area contributed by atoms with E-state index in [1.807, 2.05) is 6.92 Å². The topological polar surface area (TPSA) is 67.1 Å². The van der Waals surface area contributed by atoms with Gasteiger partial charge >= 0.3 is 6.18 Å². The van der Waals surface area contributed by atoms with Crippen LogP contribution in [0.2, 0.25) is 0 Å². The van der Waals surface area contributed by atoms with Crippen molar-refractivity contribution in [3.8, 4) is 0 Å². The molecule has 1 aromatic carbocycles. The highest BCUT2D eigenvalue weighted by Gasteiger charge is 2.40. The number of nitrogens with one attached hydrogen (secondary N) is 2. The maximum atomic E-state index is 13.2. The molecule has 2 N–H and O–H groups in total. The van der Waals surface area contributed by atoms with Gasteiger partial charge in [-0.2, -0.15) is 13.2 Å². The first-order valence-corrected chi connectivity index (χ1v) is 10.5. The molecular formula is C21H27F3N6. The van der Waals surface area contributed by atoms with E-state index in [-0.39, 0.29) is 5.41 Å². The average Bonchev–Trinajstić information content (AvgIpc) is 3.29. The molecule has 9 heteroatoms. The Morgan fingerprint density at radius 1 is 1.20 bits per heavy atom. The molecular weight excluding hydrogens is 393 g/mol. The fourth-order valence-electron chi connectivity index (χ4n) is 4.27. The van der Waals surface area contributed by atoms with Gasteiger partial charge in [-0.15, -0.1) is 10.2 Å². The minimum absolute atomic E-state index is 0.298. The van der Waals surface area contributed by atoms with Gasteiger partial charge in [0.2, 0.25) is 0 Å². The number of guanidine groups is 1. The monoisotopic (exact) mass is 420 g/mol. The van der Waals surface area contributed by atoms with Crippen molar-refractivity contribution in [2.75, 3.05) is 13.1 Å². The van der Waals surface area contributed by atoms with Crippen molar-refractivity contribution in [3.05, 3.63) is 47.0 Å². The molecule has 30 heavy (non-hydrogen) atoms. The summed E-state index contributed by atoms with van der Waals surface area (Å²) in [7, 11) is 0. The van der Waals surface area contributed by atoms with Crippen molar-refractivity contribution in [2.45, 2.75) is 63.7 Å². The Balaban J connectivity index is 1.47. The van der Waals surface area contributed by atoms with Gasteiger partial charge in [-0.1, -0.05) is 24.6 Å². The SMILES string of the molecule is CCNC(=NCc1nnc2n1CCC2)NCC1(c2cccc(C(F)(F)F)c2)CCC1. The zero-order chi connectivity index (χ0) is 21.2. The molecule has 0 unspecified atom stereocenters. The van der Waals surface area contributed by atoms with Crippen LogP contribution in [0.15, 0.2) is 29.3 Å². The van der Waals surface area contributed by atoms with Gasteiger partial charge < -0.3 is 15.2 Å². The number of aryl methyl sites for hydroxylation is 1. The Kier molecular flexibility index (Phi) is 5.71. The molecule has 0 atom stereocenters. The summed E-state index contributed by atoms with van der Waals surface area (Å²) in [4.78, 5) is 4.64. The highest BCUT2D eigenvalue weighted by atomic mass is 19.4. The van der Waals surface area contributed by atoms with Crippen LogP contribution in [0.3, 0.4) is 0 Å². The quantitative estimate of drug-likeness (QED) is 0.555. The number of rotatable bonds is 6. The molecule has 2 heterocycles. The van der Waals surface area contributed by atoms with E-state index in [1.165, 1.54) is 12.1 Å². The number of alkyl halides is 3. The van der Waals surface area contributed by atoms with Crippen LogP contribution in [0.25, 0.3) is 0 Å². The van der Waals surface area contributed by atoms with Gasteiger partial charge in [0.15, 0.2) is 11.8 Å². The smallest absolute Gasteiger partial charge is 0.357 e. The summed E-state index contributed by atoms with van der Waals surface area (Å²) in [5.74, 6) is 2.50. The molecule has 1 aliphatic carbocycles. The minimum Gasteiger partial charge on any atom is -0.357 e. The summed E-state index contributed by atoms with van der Waals surface area (Å²) >= 11 is 0. The van der Waals surface area contributed by atoms with E-state index >= 15 is 0 Å². The van der Waals surface area contributed by atoms with E-state index in [2.05, 4.69) is 30.4 Å². The summed E-state index contributed by atoms with van der Waals surface area (Å²) in [6.45, 7) is 4.56. The fraction of sp³-hybridized carbons (Fsp3) is 0.571.